The van der Waals surface area contributed by atoms with E-state index in [1.54, 1.807) is 6.08 Å². The van der Waals surface area contributed by atoms with E-state index in [1.807, 2.05) is 6.08 Å². The van der Waals surface area contributed by atoms with Crippen molar-refractivity contribution in [2.45, 2.75) is 347 Å². The molecule has 0 rings (SSSR count). The molecule has 0 aromatic heterocycles. The fourth-order valence-electron chi connectivity index (χ4n) is 9.43. The molecule has 64 heavy (non-hydrogen) atoms. The highest BCUT2D eigenvalue weighted by Crippen LogP contribution is 2.18. The van der Waals surface area contributed by atoms with Crippen molar-refractivity contribution in [1.82, 2.24) is 5.32 Å². The maximum Gasteiger partial charge on any atom is 0.220 e. The molecule has 4 heteroatoms. The van der Waals surface area contributed by atoms with Crippen molar-refractivity contribution in [2.75, 3.05) is 6.61 Å². The predicted molar refractivity (Wildman–Crippen MR) is 286 cm³/mol. The first-order valence-electron chi connectivity index (χ1n) is 29.6. The second kappa shape index (κ2) is 56.2. The smallest absolute Gasteiger partial charge is 0.220 e. The first-order chi connectivity index (χ1) is 31.7. The number of hydrogen-bond donors (Lipinski definition) is 3. The van der Waals surface area contributed by atoms with Crippen LogP contribution in [0.3, 0.4) is 0 Å². The number of rotatable bonds is 55. The highest BCUT2D eigenvalue weighted by Gasteiger charge is 2.18. The monoisotopic (exact) mass is 900 g/mol. The average molecular weight is 901 g/mol. The zero-order valence-electron chi connectivity index (χ0n) is 43.8. The first kappa shape index (κ1) is 62.9. The van der Waals surface area contributed by atoms with E-state index in [-0.39, 0.29) is 12.5 Å². The summed E-state index contributed by atoms with van der Waals surface area (Å²) in [7, 11) is 0. The number of aliphatic hydroxyl groups is 2. The summed E-state index contributed by atoms with van der Waals surface area (Å²) in [6.07, 6.45) is 75.1. The van der Waals surface area contributed by atoms with E-state index < -0.39 is 12.1 Å². The number of aliphatic hydroxyl groups excluding tert-OH is 2. The molecule has 2 atom stereocenters. The van der Waals surface area contributed by atoms with Crippen molar-refractivity contribution in [2.24, 2.45) is 0 Å². The van der Waals surface area contributed by atoms with E-state index in [0.29, 0.717) is 6.42 Å². The Balaban J connectivity index is 3.42. The highest BCUT2D eigenvalue weighted by atomic mass is 16.3. The maximum absolute atomic E-state index is 12.5. The van der Waals surface area contributed by atoms with Gasteiger partial charge in [0.05, 0.1) is 18.8 Å². The Morgan fingerprint density at radius 3 is 0.906 bits per heavy atom. The van der Waals surface area contributed by atoms with Crippen molar-refractivity contribution in [3.05, 3.63) is 24.3 Å². The summed E-state index contributed by atoms with van der Waals surface area (Å²) < 4.78 is 0. The van der Waals surface area contributed by atoms with Crippen LogP contribution >= 0.6 is 0 Å². The van der Waals surface area contributed by atoms with Crippen LogP contribution in [0.15, 0.2) is 24.3 Å². The summed E-state index contributed by atoms with van der Waals surface area (Å²) in [5.41, 5.74) is 0. The van der Waals surface area contributed by atoms with E-state index in [1.165, 1.54) is 283 Å². The molecular formula is C60H117NO3. The summed E-state index contributed by atoms with van der Waals surface area (Å²) in [4.78, 5) is 12.5. The number of nitrogens with one attached hydrogen (secondary N) is 1. The summed E-state index contributed by atoms with van der Waals surface area (Å²) in [6, 6.07) is -0.636. The first-order valence-corrected chi connectivity index (χ1v) is 29.6. The summed E-state index contributed by atoms with van der Waals surface area (Å²) in [5, 5.41) is 23.1. The molecule has 0 saturated carbocycles. The van der Waals surface area contributed by atoms with Gasteiger partial charge in [-0.2, -0.15) is 0 Å². The van der Waals surface area contributed by atoms with Crippen molar-refractivity contribution in [3.8, 4) is 0 Å². The fraction of sp³-hybridized carbons (Fsp3) is 0.917. The third-order valence-corrected chi connectivity index (χ3v) is 13.9. The lowest BCUT2D eigenvalue weighted by molar-refractivity contribution is -0.123. The van der Waals surface area contributed by atoms with Gasteiger partial charge in [-0.15, -0.1) is 0 Å². The van der Waals surface area contributed by atoms with Crippen LogP contribution in [0.2, 0.25) is 0 Å². The van der Waals surface area contributed by atoms with Crippen LogP contribution in [0.4, 0.5) is 0 Å². The van der Waals surface area contributed by atoms with Gasteiger partial charge in [0.1, 0.15) is 0 Å². The largest absolute Gasteiger partial charge is 0.394 e. The minimum atomic E-state index is -0.859. The van der Waals surface area contributed by atoms with Gasteiger partial charge in [-0.25, -0.2) is 0 Å². The molecule has 0 heterocycles. The number of hydrogen-bond acceptors (Lipinski definition) is 3. The standard InChI is InChI=1S/C60H117NO3/c1-3-5-7-9-11-13-15-17-19-21-23-24-25-26-27-28-29-30-31-32-33-34-35-36-37-38-40-42-44-46-48-50-52-54-56-60(64)61-58(57-62)59(63)55-53-51-49-47-45-43-41-39-22-20-18-16-14-12-10-8-6-4-2/h45,47,53,55,58-59,62-63H,3-44,46,48-52,54,56-57H2,1-2H3,(H,61,64)/b47-45+,55-53+. The van der Waals surface area contributed by atoms with Crippen LogP contribution < -0.4 is 5.32 Å². The van der Waals surface area contributed by atoms with Crippen LogP contribution in [0.25, 0.3) is 0 Å². The Bertz CT molecular complexity index is 932. The van der Waals surface area contributed by atoms with Gasteiger partial charge in [-0.3, -0.25) is 4.79 Å². The van der Waals surface area contributed by atoms with Gasteiger partial charge >= 0.3 is 0 Å². The van der Waals surface area contributed by atoms with Crippen molar-refractivity contribution < 1.29 is 15.0 Å². The van der Waals surface area contributed by atoms with Crippen molar-refractivity contribution in [1.29, 1.82) is 0 Å². The SMILES string of the molecule is CCCCCCCCCCCCCC/C=C/CC/C=C/C(O)C(CO)NC(=O)CCCCCCCCCCCCCCCCCCCCCCCCCCCCCCCCCCCC. The molecule has 0 saturated heterocycles. The molecule has 0 aliphatic heterocycles. The Labute approximate surface area is 402 Å². The quantitative estimate of drug-likeness (QED) is 0.0421. The number of carbonyl (C=O) groups excluding carboxylic acids is 1. The molecule has 0 radical (unpaired) electrons. The van der Waals surface area contributed by atoms with E-state index in [2.05, 4.69) is 31.3 Å². The highest BCUT2D eigenvalue weighted by molar-refractivity contribution is 5.76. The van der Waals surface area contributed by atoms with Crippen LogP contribution in [0.1, 0.15) is 335 Å². The van der Waals surface area contributed by atoms with Gasteiger partial charge < -0.3 is 15.5 Å². The minimum Gasteiger partial charge on any atom is -0.394 e. The molecule has 0 fully saturated rings. The van der Waals surface area contributed by atoms with Crippen molar-refractivity contribution >= 4 is 5.91 Å². The molecule has 1 amide bonds. The van der Waals surface area contributed by atoms with Gasteiger partial charge in [0.25, 0.3) is 0 Å². The molecular weight excluding hydrogens is 783 g/mol. The van der Waals surface area contributed by atoms with E-state index in [9.17, 15) is 15.0 Å². The Hall–Kier alpha value is -1.13. The second-order valence-corrected chi connectivity index (χ2v) is 20.4. The number of unbranched alkanes of at least 4 members (excludes halogenated alkanes) is 46. The molecule has 380 valence electrons. The van der Waals surface area contributed by atoms with Gasteiger partial charge in [-0.05, 0) is 32.1 Å². The van der Waals surface area contributed by atoms with Crippen LogP contribution in [-0.2, 0) is 4.79 Å². The summed E-state index contributed by atoms with van der Waals surface area (Å²) in [6.45, 7) is 4.33. The Morgan fingerprint density at radius 2 is 0.609 bits per heavy atom. The lowest BCUT2D eigenvalue weighted by Gasteiger charge is -2.19. The number of allylic oxidation sites excluding steroid dienone is 3. The third kappa shape index (κ3) is 51.8. The molecule has 0 aliphatic carbocycles. The minimum absolute atomic E-state index is 0.0665. The Kier molecular flexibility index (Phi) is 55.2. The predicted octanol–water partition coefficient (Wildman–Crippen LogP) is 19.5. The molecule has 0 bridgehead atoms. The van der Waals surface area contributed by atoms with E-state index in [4.69, 9.17) is 0 Å². The van der Waals surface area contributed by atoms with Gasteiger partial charge in [-0.1, -0.05) is 321 Å². The van der Waals surface area contributed by atoms with Crippen LogP contribution in [-0.4, -0.2) is 34.9 Å². The van der Waals surface area contributed by atoms with Gasteiger partial charge in [0, 0.05) is 6.42 Å². The molecule has 0 aromatic rings. The lowest BCUT2D eigenvalue weighted by Crippen LogP contribution is -2.45. The molecule has 4 nitrogen and oxygen atoms in total. The normalized spacial score (nSPS) is 12.9. The molecule has 0 spiro atoms. The van der Waals surface area contributed by atoms with Crippen LogP contribution in [0.5, 0.6) is 0 Å². The number of amides is 1. The average Bonchev–Trinajstić information content (AvgIpc) is 3.30. The Morgan fingerprint density at radius 1 is 0.359 bits per heavy atom. The summed E-state index contributed by atoms with van der Waals surface area (Å²) in [5.74, 6) is -0.0665. The fourth-order valence-corrected chi connectivity index (χ4v) is 9.43. The number of carbonyl (C=O) groups is 1. The zero-order chi connectivity index (χ0) is 46.3. The van der Waals surface area contributed by atoms with Gasteiger partial charge in [0.15, 0.2) is 0 Å². The van der Waals surface area contributed by atoms with E-state index in [0.717, 1.165) is 32.1 Å². The molecule has 2 unspecified atom stereocenters. The van der Waals surface area contributed by atoms with Crippen molar-refractivity contribution in [3.63, 3.8) is 0 Å². The van der Waals surface area contributed by atoms with Crippen LogP contribution in [0, 0.1) is 0 Å². The zero-order valence-corrected chi connectivity index (χ0v) is 43.8. The molecule has 0 aliphatic rings. The third-order valence-electron chi connectivity index (χ3n) is 13.9. The molecule has 0 aromatic carbocycles. The maximum atomic E-state index is 12.5. The topological polar surface area (TPSA) is 69.6 Å². The summed E-state index contributed by atoms with van der Waals surface area (Å²) >= 11 is 0. The van der Waals surface area contributed by atoms with E-state index >= 15 is 0 Å². The van der Waals surface area contributed by atoms with Gasteiger partial charge in [0.2, 0.25) is 5.91 Å². The lowest BCUT2D eigenvalue weighted by atomic mass is 10.0. The molecule has 3 N–H and O–H groups in total. The second-order valence-electron chi connectivity index (χ2n) is 20.4.